The molecular formula is C18H28N2O. The lowest BCUT2D eigenvalue weighted by Crippen LogP contribution is -2.35. The molecule has 1 unspecified atom stereocenters. The van der Waals surface area contributed by atoms with Gasteiger partial charge in [-0.3, -0.25) is 0 Å². The van der Waals surface area contributed by atoms with E-state index in [9.17, 15) is 0 Å². The fraction of sp³-hybridized carbons (Fsp3) is 0.667. The van der Waals surface area contributed by atoms with Gasteiger partial charge < -0.3 is 15.3 Å². The third kappa shape index (κ3) is 3.98. The van der Waals surface area contributed by atoms with Crippen LogP contribution in [0.1, 0.15) is 43.2 Å². The molecule has 1 heterocycles. The Bertz CT molecular complexity index is 468. The first-order valence-electron chi connectivity index (χ1n) is 8.45. The lowest BCUT2D eigenvalue weighted by Gasteiger charge is -2.34. The van der Waals surface area contributed by atoms with Crippen molar-refractivity contribution in [1.29, 1.82) is 0 Å². The Balaban J connectivity index is 1.62. The molecular weight excluding hydrogens is 260 g/mol. The zero-order valence-electron chi connectivity index (χ0n) is 13.1. The maximum atomic E-state index is 9.14. The van der Waals surface area contributed by atoms with Crippen molar-refractivity contribution in [2.24, 2.45) is 5.92 Å². The minimum Gasteiger partial charge on any atom is -0.396 e. The molecule has 3 rings (SSSR count). The van der Waals surface area contributed by atoms with Crippen LogP contribution >= 0.6 is 0 Å². The monoisotopic (exact) mass is 288 g/mol. The van der Waals surface area contributed by atoms with E-state index in [0.717, 1.165) is 32.1 Å². The maximum Gasteiger partial charge on any atom is 0.0434 e. The van der Waals surface area contributed by atoms with Crippen LogP contribution in [0.5, 0.6) is 0 Å². The molecule has 1 aliphatic heterocycles. The van der Waals surface area contributed by atoms with Crippen LogP contribution in [0.25, 0.3) is 0 Å². The van der Waals surface area contributed by atoms with Gasteiger partial charge in [-0.1, -0.05) is 6.07 Å². The van der Waals surface area contributed by atoms with Gasteiger partial charge in [0.15, 0.2) is 0 Å². The Morgan fingerprint density at radius 3 is 2.86 bits per heavy atom. The Morgan fingerprint density at radius 1 is 1.29 bits per heavy atom. The van der Waals surface area contributed by atoms with Gasteiger partial charge in [-0.2, -0.15) is 0 Å². The van der Waals surface area contributed by atoms with Crippen LogP contribution < -0.4 is 10.2 Å². The Hall–Kier alpha value is -1.06. The number of piperidine rings is 1. The molecule has 1 saturated heterocycles. The average molecular weight is 288 g/mol. The summed E-state index contributed by atoms with van der Waals surface area (Å²) in [7, 11) is 0. The summed E-state index contributed by atoms with van der Waals surface area (Å²) >= 11 is 0. The first-order valence-corrected chi connectivity index (χ1v) is 8.45. The number of aliphatic hydroxyl groups excluding tert-OH is 1. The highest BCUT2D eigenvalue weighted by molar-refractivity contribution is 5.51. The normalized spacial score (nSPS) is 22.6. The van der Waals surface area contributed by atoms with Crippen molar-refractivity contribution in [2.75, 3.05) is 24.6 Å². The minimum atomic E-state index is 0.323. The molecule has 116 valence electrons. The highest BCUT2D eigenvalue weighted by Gasteiger charge is 2.21. The van der Waals surface area contributed by atoms with Gasteiger partial charge in [-0.25, -0.2) is 0 Å². The van der Waals surface area contributed by atoms with Crippen LogP contribution in [0.3, 0.4) is 0 Å². The summed E-state index contributed by atoms with van der Waals surface area (Å²) < 4.78 is 0. The number of hydrogen-bond acceptors (Lipinski definition) is 3. The summed E-state index contributed by atoms with van der Waals surface area (Å²) in [4.78, 5) is 2.49. The lowest BCUT2D eigenvalue weighted by molar-refractivity contribution is 0.244. The van der Waals surface area contributed by atoms with Crippen LogP contribution in [-0.4, -0.2) is 30.8 Å². The first kappa shape index (κ1) is 14.9. The SMILES string of the molecule is Cc1cc(N2CCCC(CCO)C2)ccc1CNC1CC1. The van der Waals surface area contributed by atoms with Crippen LogP contribution in [0.2, 0.25) is 0 Å². The molecule has 1 saturated carbocycles. The van der Waals surface area contributed by atoms with Gasteiger partial charge in [-0.05, 0) is 68.2 Å². The number of nitrogens with one attached hydrogen (secondary N) is 1. The van der Waals surface area contributed by atoms with Crippen molar-refractivity contribution >= 4 is 5.69 Å². The minimum absolute atomic E-state index is 0.323. The van der Waals surface area contributed by atoms with Gasteiger partial charge in [-0.15, -0.1) is 0 Å². The predicted molar refractivity (Wildman–Crippen MR) is 87.7 cm³/mol. The summed E-state index contributed by atoms with van der Waals surface area (Å²) in [6, 6.07) is 7.67. The first-order chi connectivity index (χ1) is 10.3. The van der Waals surface area contributed by atoms with E-state index >= 15 is 0 Å². The molecule has 21 heavy (non-hydrogen) atoms. The molecule has 0 spiro atoms. The molecule has 0 radical (unpaired) electrons. The Kier molecular flexibility index (Phi) is 4.81. The van der Waals surface area contributed by atoms with Crippen molar-refractivity contribution in [3.05, 3.63) is 29.3 Å². The van der Waals surface area contributed by atoms with E-state index in [1.54, 1.807) is 0 Å². The van der Waals surface area contributed by atoms with Gasteiger partial charge in [0.2, 0.25) is 0 Å². The zero-order valence-corrected chi connectivity index (χ0v) is 13.1. The van der Waals surface area contributed by atoms with Crippen molar-refractivity contribution < 1.29 is 5.11 Å². The molecule has 1 aliphatic carbocycles. The number of anilines is 1. The molecule has 2 N–H and O–H groups in total. The molecule has 1 aromatic carbocycles. The van der Waals surface area contributed by atoms with Gasteiger partial charge in [0.1, 0.15) is 0 Å². The molecule has 2 fully saturated rings. The molecule has 3 heteroatoms. The number of aryl methyl sites for hydroxylation is 1. The Labute approximate surface area is 128 Å². The largest absolute Gasteiger partial charge is 0.396 e. The van der Waals surface area contributed by atoms with E-state index < -0.39 is 0 Å². The second-order valence-electron chi connectivity index (χ2n) is 6.73. The van der Waals surface area contributed by atoms with E-state index in [-0.39, 0.29) is 0 Å². The molecule has 0 amide bonds. The summed E-state index contributed by atoms with van der Waals surface area (Å²) in [5, 5.41) is 12.7. The number of benzene rings is 1. The third-order valence-corrected chi connectivity index (χ3v) is 4.91. The third-order valence-electron chi connectivity index (χ3n) is 4.91. The number of rotatable bonds is 6. The van der Waals surface area contributed by atoms with Gasteiger partial charge in [0.05, 0.1) is 0 Å². The van der Waals surface area contributed by atoms with Crippen LogP contribution in [-0.2, 0) is 6.54 Å². The summed E-state index contributed by atoms with van der Waals surface area (Å²) in [5.41, 5.74) is 4.17. The molecule has 0 bridgehead atoms. The lowest BCUT2D eigenvalue weighted by atomic mass is 9.94. The van der Waals surface area contributed by atoms with Crippen molar-refractivity contribution in [3.63, 3.8) is 0 Å². The van der Waals surface area contributed by atoms with E-state index in [2.05, 4.69) is 35.3 Å². The van der Waals surface area contributed by atoms with Gasteiger partial charge in [0, 0.05) is 38.0 Å². The van der Waals surface area contributed by atoms with Crippen LogP contribution in [0, 0.1) is 12.8 Å². The standard InChI is InChI=1S/C18H28N2O/c1-14-11-18(7-4-16(14)12-19-17-5-6-17)20-9-2-3-15(13-20)8-10-21/h4,7,11,15,17,19,21H,2-3,5-6,8-10,12-13H2,1H3. The second kappa shape index (κ2) is 6.80. The smallest absolute Gasteiger partial charge is 0.0434 e. The highest BCUT2D eigenvalue weighted by atomic mass is 16.3. The fourth-order valence-electron chi connectivity index (χ4n) is 3.33. The quantitative estimate of drug-likeness (QED) is 0.845. The number of hydrogen-bond donors (Lipinski definition) is 2. The van der Waals surface area contributed by atoms with Gasteiger partial charge in [0.25, 0.3) is 0 Å². The van der Waals surface area contributed by atoms with E-state index in [1.807, 2.05) is 0 Å². The van der Waals surface area contributed by atoms with E-state index in [4.69, 9.17) is 5.11 Å². The zero-order chi connectivity index (χ0) is 14.7. The van der Waals surface area contributed by atoms with Crippen molar-refractivity contribution in [3.8, 4) is 0 Å². The van der Waals surface area contributed by atoms with E-state index in [1.165, 1.54) is 42.5 Å². The summed E-state index contributed by atoms with van der Waals surface area (Å²) in [5.74, 6) is 0.653. The number of nitrogens with zero attached hydrogens (tertiary/aromatic N) is 1. The Morgan fingerprint density at radius 2 is 2.14 bits per heavy atom. The van der Waals surface area contributed by atoms with Gasteiger partial charge >= 0.3 is 0 Å². The van der Waals surface area contributed by atoms with E-state index in [0.29, 0.717) is 12.5 Å². The predicted octanol–water partition coefficient (Wildman–Crippen LogP) is 2.85. The molecule has 0 aromatic heterocycles. The molecule has 1 atom stereocenters. The average Bonchev–Trinajstić information content (AvgIpc) is 3.31. The number of aliphatic hydroxyl groups is 1. The molecule has 3 nitrogen and oxygen atoms in total. The fourth-order valence-corrected chi connectivity index (χ4v) is 3.33. The summed E-state index contributed by atoms with van der Waals surface area (Å²) in [6.07, 6.45) is 6.14. The molecule has 2 aliphatic rings. The van der Waals surface area contributed by atoms with Crippen molar-refractivity contribution in [1.82, 2.24) is 5.32 Å². The topological polar surface area (TPSA) is 35.5 Å². The maximum absolute atomic E-state index is 9.14. The molecule has 1 aromatic rings. The van der Waals surface area contributed by atoms with Crippen LogP contribution in [0.15, 0.2) is 18.2 Å². The van der Waals surface area contributed by atoms with Crippen LogP contribution in [0.4, 0.5) is 5.69 Å². The second-order valence-corrected chi connectivity index (χ2v) is 6.73. The highest BCUT2D eigenvalue weighted by Crippen LogP contribution is 2.27. The van der Waals surface area contributed by atoms with Crippen molar-refractivity contribution in [2.45, 2.75) is 51.6 Å². The summed E-state index contributed by atoms with van der Waals surface area (Å²) in [6.45, 7) is 5.80.